The topological polar surface area (TPSA) is 235 Å². The number of methoxy groups -OCH3 is 4. The molecule has 3 saturated carbocycles. The van der Waals surface area contributed by atoms with Gasteiger partial charge in [0.25, 0.3) is 0 Å². The number of esters is 1. The number of aliphatic hydroxyl groups is 4. The van der Waals surface area contributed by atoms with Crippen LogP contribution in [0.15, 0.2) is 23.3 Å². The molecule has 4 N–H and O–H groups in total. The van der Waals surface area contributed by atoms with Crippen molar-refractivity contribution in [2.24, 2.45) is 22.7 Å². The van der Waals surface area contributed by atoms with Gasteiger partial charge in [0.2, 0.25) is 0 Å². The molecule has 75 heavy (non-hydrogen) atoms. The minimum Gasteiger partial charge on any atom is -0.458 e. The van der Waals surface area contributed by atoms with Crippen LogP contribution in [-0.4, -0.2) is 188 Å². The summed E-state index contributed by atoms with van der Waals surface area (Å²) < 4.78 is 81.6. The second kappa shape index (κ2) is 22.8. The van der Waals surface area contributed by atoms with Crippen LogP contribution in [0.1, 0.15) is 140 Å². The van der Waals surface area contributed by atoms with E-state index in [1.807, 2.05) is 47.6 Å². The summed E-state index contributed by atoms with van der Waals surface area (Å²) in [6.07, 6.45) is -2.49. The van der Waals surface area contributed by atoms with Gasteiger partial charge in [-0.15, -0.1) is 0 Å². The summed E-state index contributed by atoms with van der Waals surface area (Å²) >= 11 is 0. The van der Waals surface area contributed by atoms with Crippen LogP contribution in [0.4, 0.5) is 0 Å². The van der Waals surface area contributed by atoms with E-state index < -0.39 is 144 Å². The summed E-state index contributed by atoms with van der Waals surface area (Å²) in [5.41, 5.74) is -6.10. The minimum atomic E-state index is -2.02. The van der Waals surface area contributed by atoms with E-state index in [2.05, 4.69) is 6.92 Å². The summed E-state index contributed by atoms with van der Waals surface area (Å²) in [6.45, 7) is 18.4. The predicted octanol–water partition coefficient (Wildman–Crippen LogP) is 5.12. The largest absolute Gasteiger partial charge is 0.458 e. The van der Waals surface area contributed by atoms with Crippen LogP contribution >= 0.6 is 0 Å². The fraction of sp³-hybridized carbons (Fsp3) is 0.893. The Bertz CT molecular complexity index is 2070. The number of rotatable bonds is 16. The fourth-order valence-corrected chi connectivity index (χ4v) is 14.6. The van der Waals surface area contributed by atoms with Crippen molar-refractivity contribution in [3.8, 4) is 0 Å². The van der Waals surface area contributed by atoms with E-state index >= 15 is 0 Å². The van der Waals surface area contributed by atoms with Crippen molar-refractivity contribution in [2.75, 3.05) is 28.4 Å². The summed E-state index contributed by atoms with van der Waals surface area (Å²) in [5, 5.41) is 48.5. The van der Waals surface area contributed by atoms with E-state index in [0.29, 0.717) is 44.9 Å². The Morgan fingerprint density at radius 1 is 0.667 bits per heavy atom. The number of ketones is 1. The lowest BCUT2D eigenvalue weighted by atomic mass is 9.42. The van der Waals surface area contributed by atoms with E-state index in [-0.39, 0.29) is 43.8 Å². The zero-order valence-corrected chi connectivity index (χ0v) is 46.9. The summed E-state index contributed by atoms with van der Waals surface area (Å²) in [4.78, 5) is 26.9. The Labute approximate surface area is 443 Å². The highest BCUT2D eigenvalue weighted by atomic mass is 16.8. The minimum absolute atomic E-state index is 0.0344. The molecule has 428 valence electrons. The van der Waals surface area contributed by atoms with Crippen molar-refractivity contribution in [2.45, 2.75) is 267 Å². The molecule has 0 bridgehead atoms. The Morgan fingerprint density at radius 3 is 1.60 bits per heavy atom. The number of carbonyl (C=O) groups is 2. The molecule has 0 aromatic carbocycles. The monoisotopic (exact) mass is 1070 g/mol. The van der Waals surface area contributed by atoms with Crippen LogP contribution < -0.4 is 0 Å². The lowest BCUT2D eigenvalue weighted by molar-refractivity contribution is -0.347. The van der Waals surface area contributed by atoms with E-state index in [9.17, 15) is 30.0 Å². The van der Waals surface area contributed by atoms with E-state index in [4.69, 9.17) is 61.6 Å². The molecular weight excluding hydrogens is 977 g/mol. The van der Waals surface area contributed by atoms with Crippen LogP contribution in [0.2, 0.25) is 0 Å². The maximum Gasteiger partial charge on any atom is 0.330 e. The molecule has 8 rings (SSSR count). The molecule has 19 heteroatoms. The second-order valence-electron chi connectivity index (χ2n) is 23.9. The molecule has 8 aliphatic rings. The summed E-state index contributed by atoms with van der Waals surface area (Å²) in [6, 6.07) is 0. The number of carbonyl (C=O) groups excluding carboxylic acids is 2. The highest BCUT2D eigenvalue weighted by Gasteiger charge is 2.81. The SMILES string of the molecule is CO[C@H]1C[C@H](O[C@H]2[C@@H](OC)CC(O[C@H]3CC[C@@]4(C)C(=CC[C@]5(O)C4C[C@@H](OC(=O)/C=C(\C)C(C)C)[C@@]4(C)[C@]5(O)CC[C@@]4(O)C(C)=O)C3)O[C@@H]2C)O[C@@H](C)[C@H]1O[C@H]1C[C@H](OC)[C@H](O[C@H]2C[C@@H](OC)[C@@H](O)[C@H](C)O2)[C@@H](C)O1. The van der Waals surface area contributed by atoms with E-state index in [1.54, 1.807) is 42.3 Å². The highest BCUT2D eigenvalue weighted by molar-refractivity contribution is 5.87. The standard InChI is InChI=1S/C56H90O19/c1-28(2)29(3)21-43(58)72-42-27-41-52(9)17-16-36(22-35(52)15-18-55(41,61)56(62)20-19-54(60,34(8)57)53(42,56)10)71-44-24-38(64-12)49(31(5)68-44)74-46-26-40(66-14)51(33(7)70-46)75-47-25-39(65-13)50(32(6)69-47)73-45-23-37(63-11)48(59)30(4)67-45/h15,21,28,30-33,36-42,44-51,59-62H,16-20,22-27H2,1-14H3/b29-21+/t30-,31+,32+,33-,36-,37+,38-,39-,40-,41?,42+,44?,45-,46-,47-,48-,49+,50+,51+,52-,53+,54+,55-,56+/m0/s1. The van der Waals surface area contributed by atoms with Crippen molar-refractivity contribution in [3.05, 3.63) is 23.3 Å². The first-order valence-corrected chi connectivity index (χ1v) is 27.6. The number of Topliss-reactive ketones (excluding diaryl/α,β-unsaturated/α-hetero) is 1. The number of ether oxygens (including phenoxy) is 13. The normalized spacial score (nSPS) is 49.3. The molecule has 4 saturated heterocycles. The molecule has 4 aliphatic carbocycles. The lowest BCUT2D eigenvalue weighted by Gasteiger charge is -2.67. The molecule has 4 aliphatic heterocycles. The van der Waals surface area contributed by atoms with Crippen molar-refractivity contribution < 1.29 is 91.6 Å². The van der Waals surface area contributed by atoms with Crippen LogP contribution in [0.3, 0.4) is 0 Å². The average Bonchev–Trinajstić information content (AvgIpc) is 3.59. The number of fused-ring (bicyclic) bond motifs is 5. The predicted molar refractivity (Wildman–Crippen MR) is 269 cm³/mol. The van der Waals surface area contributed by atoms with E-state index in [0.717, 1.165) is 11.1 Å². The molecule has 0 amide bonds. The smallest absolute Gasteiger partial charge is 0.330 e. The molecule has 0 radical (unpaired) electrons. The van der Waals surface area contributed by atoms with Gasteiger partial charge in [-0.2, -0.15) is 0 Å². The molecule has 4 heterocycles. The Hall–Kier alpha value is -2.02. The summed E-state index contributed by atoms with van der Waals surface area (Å²) in [5.74, 6) is -1.61. The van der Waals surface area contributed by atoms with Gasteiger partial charge < -0.3 is 82.0 Å². The molecule has 7 fully saturated rings. The molecule has 2 unspecified atom stereocenters. The number of hydrogen-bond acceptors (Lipinski definition) is 19. The Kier molecular flexibility index (Phi) is 18.0. The number of allylic oxidation sites excluding steroid dienone is 1. The summed E-state index contributed by atoms with van der Waals surface area (Å²) in [7, 11) is 6.49. The third-order valence-corrected chi connectivity index (χ3v) is 19.6. The number of hydrogen-bond donors (Lipinski definition) is 4. The van der Waals surface area contributed by atoms with Gasteiger partial charge in [0.1, 0.15) is 47.3 Å². The van der Waals surface area contributed by atoms with Crippen LogP contribution in [0.25, 0.3) is 0 Å². The van der Waals surface area contributed by atoms with Crippen molar-refractivity contribution in [3.63, 3.8) is 0 Å². The Balaban J connectivity index is 0.877. The third kappa shape index (κ3) is 10.6. The molecular formula is C56H90O19. The van der Waals surface area contributed by atoms with Crippen molar-refractivity contribution >= 4 is 11.8 Å². The van der Waals surface area contributed by atoms with Gasteiger partial charge in [-0.1, -0.05) is 38.0 Å². The maximum absolute atomic E-state index is 13.6. The van der Waals surface area contributed by atoms with Gasteiger partial charge in [-0.05, 0) is 105 Å². The first kappa shape index (κ1) is 59.1. The van der Waals surface area contributed by atoms with E-state index in [1.165, 1.54) is 13.0 Å². The van der Waals surface area contributed by atoms with Crippen LogP contribution in [0.5, 0.6) is 0 Å². The van der Waals surface area contributed by atoms with Gasteiger partial charge in [0, 0.05) is 66.1 Å². The van der Waals surface area contributed by atoms with Gasteiger partial charge >= 0.3 is 5.97 Å². The Morgan fingerprint density at radius 2 is 1.13 bits per heavy atom. The van der Waals surface area contributed by atoms with Gasteiger partial charge in [0.05, 0.1) is 60.4 Å². The maximum atomic E-state index is 13.6. The third-order valence-electron chi connectivity index (χ3n) is 19.6. The van der Waals surface area contributed by atoms with Crippen LogP contribution in [-0.2, 0) is 71.2 Å². The molecule has 19 nitrogen and oxygen atoms in total. The first-order chi connectivity index (χ1) is 35.3. The number of aliphatic hydroxyl groups excluding tert-OH is 1. The quantitative estimate of drug-likeness (QED) is 0.0892. The first-order valence-electron chi connectivity index (χ1n) is 27.6. The molecule has 0 spiro atoms. The van der Waals surface area contributed by atoms with Gasteiger partial charge in [0.15, 0.2) is 30.9 Å². The molecule has 0 aromatic heterocycles. The van der Waals surface area contributed by atoms with Crippen LogP contribution in [0, 0.1) is 22.7 Å². The zero-order chi connectivity index (χ0) is 54.7. The molecule has 24 atom stereocenters. The van der Waals surface area contributed by atoms with Gasteiger partial charge in [-0.25, -0.2) is 4.79 Å². The zero-order valence-electron chi connectivity index (χ0n) is 46.9. The average molecular weight is 1070 g/mol. The molecule has 0 aromatic rings. The second-order valence-corrected chi connectivity index (χ2v) is 23.9. The van der Waals surface area contributed by atoms with Crippen molar-refractivity contribution in [1.29, 1.82) is 0 Å². The fourth-order valence-electron chi connectivity index (χ4n) is 14.6. The van der Waals surface area contributed by atoms with Gasteiger partial charge in [-0.3, -0.25) is 4.79 Å². The van der Waals surface area contributed by atoms with Crippen molar-refractivity contribution in [1.82, 2.24) is 0 Å². The highest BCUT2D eigenvalue weighted by Crippen LogP contribution is 2.71. The lowest BCUT2D eigenvalue weighted by Crippen LogP contribution is -2.78.